The molecule has 1 fully saturated rings. The van der Waals surface area contributed by atoms with Gasteiger partial charge in [-0.05, 0) is 19.1 Å². The number of hydrogen-bond donors (Lipinski definition) is 0. The first kappa shape index (κ1) is 20.4. The van der Waals surface area contributed by atoms with Crippen LogP contribution in [-0.4, -0.2) is 53.6 Å². The molecule has 2 aliphatic heterocycles. The number of rotatable bonds is 6. The van der Waals surface area contributed by atoms with Crippen LogP contribution in [0.25, 0.3) is 0 Å². The number of fused-ring (bicyclic) bond motifs is 1. The second-order valence-corrected chi connectivity index (χ2v) is 6.71. The van der Waals surface area contributed by atoms with Gasteiger partial charge in [-0.1, -0.05) is 0 Å². The highest BCUT2D eigenvalue weighted by Crippen LogP contribution is 2.40. The van der Waals surface area contributed by atoms with E-state index in [-0.39, 0.29) is 36.9 Å². The Bertz CT molecular complexity index is 977. The van der Waals surface area contributed by atoms with E-state index in [4.69, 9.17) is 23.7 Å². The number of anilines is 1. The molecular weight excluding hydrogens is 412 g/mol. The summed E-state index contributed by atoms with van der Waals surface area (Å²) in [5.74, 6) is 1.33. The van der Waals surface area contributed by atoms with Crippen molar-refractivity contribution in [2.75, 3.05) is 31.4 Å². The zero-order valence-electron chi connectivity index (χ0n) is 16.7. The minimum atomic E-state index is -0.714. The number of hydrogen-bond acceptors (Lipinski definition) is 11. The van der Waals surface area contributed by atoms with E-state index in [1.165, 1.54) is 6.33 Å². The Kier molecular flexibility index (Phi) is 5.87. The van der Waals surface area contributed by atoms with E-state index in [9.17, 15) is 14.9 Å². The van der Waals surface area contributed by atoms with Crippen molar-refractivity contribution < 1.29 is 33.4 Å². The van der Waals surface area contributed by atoms with Gasteiger partial charge in [-0.3, -0.25) is 10.1 Å². The Morgan fingerprint density at radius 2 is 2.03 bits per heavy atom. The minimum Gasteiger partial charge on any atom is -0.454 e. The lowest BCUT2D eigenvalue weighted by atomic mass is 10.1. The van der Waals surface area contributed by atoms with E-state index < -0.39 is 11.1 Å². The summed E-state index contributed by atoms with van der Waals surface area (Å²) in [5.41, 5.74) is -0.343. The summed E-state index contributed by atoms with van der Waals surface area (Å²) < 4.78 is 26.3. The Morgan fingerprint density at radius 3 is 2.77 bits per heavy atom. The molecule has 0 aliphatic carbocycles. The zero-order valence-corrected chi connectivity index (χ0v) is 16.7. The molecule has 12 nitrogen and oxygen atoms in total. The summed E-state index contributed by atoms with van der Waals surface area (Å²) in [6.07, 6.45) is 1.15. The highest BCUT2D eigenvalue weighted by Gasteiger charge is 2.32. The van der Waals surface area contributed by atoms with Crippen molar-refractivity contribution in [1.82, 2.24) is 9.97 Å². The predicted molar refractivity (Wildman–Crippen MR) is 105 cm³/mol. The lowest BCUT2D eigenvalue weighted by Gasteiger charge is -2.31. The molecule has 0 saturated carbocycles. The Balaban J connectivity index is 1.50. The molecule has 1 aromatic carbocycles. The van der Waals surface area contributed by atoms with Gasteiger partial charge in [0.05, 0.1) is 11.5 Å². The maximum atomic E-state index is 11.8. The number of benzene rings is 1. The average Bonchev–Trinajstić information content (AvgIpc) is 3.22. The molecule has 0 unspecified atom stereocenters. The first-order valence-corrected chi connectivity index (χ1v) is 9.70. The molecule has 0 radical (unpaired) electrons. The van der Waals surface area contributed by atoms with Crippen LogP contribution in [0.4, 0.5) is 16.3 Å². The number of nitro groups is 1. The predicted octanol–water partition coefficient (Wildman–Crippen LogP) is 3.05. The molecule has 12 heteroatoms. The van der Waals surface area contributed by atoms with Crippen molar-refractivity contribution in [3.05, 3.63) is 34.6 Å². The molecule has 1 aromatic heterocycles. The summed E-state index contributed by atoms with van der Waals surface area (Å²) in [7, 11) is 0. The Labute approximate surface area is 176 Å². The molecule has 1 saturated heterocycles. The molecular formula is C19H20N4O8. The van der Waals surface area contributed by atoms with E-state index in [2.05, 4.69) is 9.97 Å². The van der Waals surface area contributed by atoms with Gasteiger partial charge in [0.15, 0.2) is 11.5 Å². The molecule has 0 spiro atoms. The summed E-state index contributed by atoms with van der Waals surface area (Å²) in [6, 6.07) is 4.84. The first-order chi connectivity index (χ1) is 15.0. The van der Waals surface area contributed by atoms with Gasteiger partial charge in [-0.25, -0.2) is 9.78 Å². The molecule has 4 rings (SSSR count). The molecule has 31 heavy (non-hydrogen) atoms. The standard InChI is InChI=1S/C19H20N4O8/c1-2-27-19(24)31-12-5-7-22(8-6-12)17-16(23(25)26)18(21-10-20-17)30-13-3-4-14-15(9-13)29-11-28-14/h3-4,9-10,12H,2,5-8,11H2,1H3. The number of nitrogens with zero attached hydrogens (tertiary/aromatic N) is 4. The number of carbonyl (C=O) groups is 1. The molecule has 0 atom stereocenters. The van der Waals surface area contributed by atoms with Gasteiger partial charge in [0.25, 0.3) is 0 Å². The average molecular weight is 432 g/mol. The van der Waals surface area contributed by atoms with E-state index >= 15 is 0 Å². The third-order valence-corrected chi connectivity index (χ3v) is 4.78. The fraction of sp³-hybridized carbons (Fsp3) is 0.421. The SMILES string of the molecule is CCOC(=O)OC1CCN(c2ncnc(Oc3ccc4c(c3)OCO4)c2[N+](=O)[O-])CC1. The third kappa shape index (κ3) is 4.52. The maximum Gasteiger partial charge on any atom is 0.508 e. The van der Waals surface area contributed by atoms with Crippen LogP contribution in [0.5, 0.6) is 23.1 Å². The van der Waals surface area contributed by atoms with Crippen molar-refractivity contribution in [1.29, 1.82) is 0 Å². The smallest absolute Gasteiger partial charge is 0.454 e. The van der Waals surface area contributed by atoms with Crippen LogP contribution < -0.4 is 19.1 Å². The summed E-state index contributed by atoms with van der Waals surface area (Å²) >= 11 is 0. The van der Waals surface area contributed by atoms with E-state index in [0.29, 0.717) is 43.2 Å². The molecule has 2 aromatic rings. The van der Waals surface area contributed by atoms with Gasteiger partial charge in [0, 0.05) is 32.0 Å². The number of piperidine rings is 1. The quantitative estimate of drug-likeness (QED) is 0.378. The number of carbonyl (C=O) groups excluding carboxylic acids is 1. The number of ether oxygens (including phenoxy) is 5. The van der Waals surface area contributed by atoms with Crippen LogP contribution in [0, 0.1) is 10.1 Å². The third-order valence-electron chi connectivity index (χ3n) is 4.78. The lowest BCUT2D eigenvalue weighted by Crippen LogP contribution is -2.38. The molecule has 0 amide bonds. The van der Waals surface area contributed by atoms with Gasteiger partial charge in [-0.15, -0.1) is 0 Å². The summed E-state index contributed by atoms with van der Waals surface area (Å²) in [5, 5.41) is 11.8. The summed E-state index contributed by atoms with van der Waals surface area (Å²) in [6.45, 7) is 2.85. The Hall–Kier alpha value is -3.83. The van der Waals surface area contributed by atoms with Crippen LogP contribution in [0.1, 0.15) is 19.8 Å². The van der Waals surface area contributed by atoms with Crippen molar-refractivity contribution in [3.8, 4) is 23.1 Å². The molecule has 3 heterocycles. The van der Waals surface area contributed by atoms with Gasteiger partial charge >= 0.3 is 17.7 Å². The highest BCUT2D eigenvalue weighted by atomic mass is 16.7. The van der Waals surface area contributed by atoms with Gasteiger partial charge in [0.1, 0.15) is 18.2 Å². The monoisotopic (exact) mass is 432 g/mol. The van der Waals surface area contributed by atoms with Crippen LogP contribution in [0.3, 0.4) is 0 Å². The molecule has 2 aliphatic rings. The fourth-order valence-corrected chi connectivity index (χ4v) is 3.35. The van der Waals surface area contributed by atoms with Crippen molar-refractivity contribution >= 4 is 17.7 Å². The van der Waals surface area contributed by atoms with Crippen LogP contribution in [0.15, 0.2) is 24.5 Å². The second-order valence-electron chi connectivity index (χ2n) is 6.71. The van der Waals surface area contributed by atoms with E-state index in [1.807, 2.05) is 0 Å². The van der Waals surface area contributed by atoms with Gasteiger partial charge in [-0.2, -0.15) is 4.98 Å². The number of aromatic nitrogens is 2. The topological polar surface area (TPSA) is 135 Å². The van der Waals surface area contributed by atoms with Crippen molar-refractivity contribution in [2.45, 2.75) is 25.9 Å². The second kappa shape index (κ2) is 8.90. The maximum absolute atomic E-state index is 11.8. The zero-order chi connectivity index (χ0) is 21.8. The lowest BCUT2D eigenvalue weighted by molar-refractivity contribution is -0.385. The van der Waals surface area contributed by atoms with Gasteiger partial charge < -0.3 is 28.6 Å². The van der Waals surface area contributed by atoms with Gasteiger partial charge in [0.2, 0.25) is 12.6 Å². The van der Waals surface area contributed by atoms with Crippen molar-refractivity contribution in [2.24, 2.45) is 0 Å². The largest absolute Gasteiger partial charge is 0.508 e. The summed E-state index contributed by atoms with van der Waals surface area (Å²) in [4.78, 5) is 32.6. The first-order valence-electron chi connectivity index (χ1n) is 9.70. The Morgan fingerprint density at radius 1 is 1.26 bits per heavy atom. The fourth-order valence-electron chi connectivity index (χ4n) is 3.35. The highest BCUT2D eigenvalue weighted by molar-refractivity contribution is 5.64. The van der Waals surface area contributed by atoms with E-state index in [1.54, 1.807) is 30.0 Å². The normalized spacial score (nSPS) is 15.5. The molecule has 0 bridgehead atoms. The van der Waals surface area contributed by atoms with Crippen LogP contribution in [-0.2, 0) is 9.47 Å². The van der Waals surface area contributed by atoms with Crippen molar-refractivity contribution in [3.63, 3.8) is 0 Å². The van der Waals surface area contributed by atoms with Crippen LogP contribution in [0.2, 0.25) is 0 Å². The van der Waals surface area contributed by atoms with E-state index in [0.717, 1.165) is 0 Å². The molecule has 0 N–H and O–H groups in total. The molecule has 164 valence electrons. The minimum absolute atomic E-state index is 0.104. The van der Waals surface area contributed by atoms with Crippen LogP contribution >= 0.6 is 0 Å².